The van der Waals surface area contributed by atoms with Crippen LogP contribution >= 0.6 is 0 Å². The van der Waals surface area contributed by atoms with Gasteiger partial charge in [0.05, 0.1) is 5.70 Å². The first-order valence-electron chi connectivity index (χ1n) is 5.22. The highest BCUT2D eigenvalue weighted by Crippen LogP contribution is 2.11. The van der Waals surface area contributed by atoms with Gasteiger partial charge in [-0.25, -0.2) is 4.79 Å². The van der Waals surface area contributed by atoms with E-state index in [1.54, 1.807) is 6.08 Å². The third kappa shape index (κ3) is 4.49. The smallest absolute Gasteiger partial charge is 0.330 e. The lowest BCUT2D eigenvalue weighted by Gasteiger charge is -2.17. The number of ether oxygens (including phenoxy) is 1. The maximum atomic E-state index is 10.9. The Labute approximate surface area is 91.5 Å². The quantitative estimate of drug-likeness (QED) is 0.710. The number of hydrogen-bond acceptors (Lipinski definition) is 3. The average molecular weight is 209 g/mol. The Hall–Kier alpha value is -1.51. The molecule has 0 aromatic rings. The van der Waals surface area contributed by atoms with E-state index in [1.165, 1.54) is 0 Å². The van der Waals surface area contributed by atoms with Crippen molar-refractivity contribution in [2.24, 2.45) is 0 Å². The Kier molecular flexibility index (Phi) is 7.06. The summed E-state index contributed by atoms with van der Waals surface area (Å²) in [4.78, 5) is 10.9. The molecule has 0 aliphatic carbocycles. The second kappa shape index (κ2) is 7.85. The second-order valence-electron chi connectivity index (χ2n) is 2.61. The van der Waals surface area contributed by atoms with Gasteiger partial charge >= 0.3 is 5.97 Å². The van der Waals surface area contributed by atoms with Crippen LogP contribution in [0.5, 0.6) is 0 Å². The van der Waals surface area contributed by atoms with E-state index >= 15 is 0 Å². The van der Waals surface area contributed by atoms with Crippen LogP contribution in [0.1, 0.15) is 27.7 Å². The number of cyclic esters (lactones) is 1. The van der Waals surface area contributed by atoms with Crippen molar-refractivity contribution in [2.75, 3.05) is 6.54 Å². The summed E-state index contributed by atoms with van der Waals surface area (Å²) in [6.45, 7) is 8.03. The van der Waals surface area contributed by atoms with E-state index < -0.39 is 0 Å². The van der Waals surface area contributed by atoms with E-state index in [0.29, 0.717) is 5.76 Å². The van der Waals surface area contributed by atoms with E-state index in [2.05, 4.69) is 5.32 Å². The minimum Gasteiger partial charge on any atom is -0.423 e. The number of rotatable bonds is 2. The van der Waals surface area contributed by atoms with Gasteiger partial charge in [-0.15, -0.1) is 0 Å². The van der Waals surface area contributed by atoms with Gasteiger partial charge in [-0.1, -0.05) is 26.0 Å². The fraction of sp³-hybridized carbons (Fsp3) is 0.417. The van der Waals surface area contributed by atoms with Gasteiger partial charge in [0.1, 0.15) is 6.54 Å². The summed E-state index contributed by atoms with van der Waals surface area (Å²) in [6, 6.07) is 0. The molecule has 0 saturated carbocycles. The molecule has 84 valence electrons. The molecule has 0 spiro atoms. The minimum absolute atomic E-state index is 0.237. The van der Waals surface area contributed by atoms with E-state index in [1.807, 2.05) is 45.9 Å². The lowest BCUT2D eigenvalue weighted by Crippen LogP contribution is -2.30. The molecule has 0 unspecified atom stereocenters. The molecular weight excluding hydrogens is 190 g/mol. The normalized spacial score (nSPS) is 16.1. The molecule has 1 aliphatic heterocycles. The van der Waals surface area contributed by atoms with Crippen molar-refractivity contribution < 1.29 is 9.53 Å². The van der Waals surface area contributed by atoms with Crippen LogP contribution in [0.2, 0.25) is 0 Å². The molecule has 1 heterocycles. The van der Waals surface area contributed by atoms with Crippen LogP contribution in [-0.2, 0) is 9.53 Å². The summed E-state index contributed by atoms with van der Waals surface area (Å²) in [7, 11) is 0. The number of esters is 1. The number of carbonyl (C=O) groups excluding carboxylic acids is 1. The first-order valence-corrected chi connectivity index (χ1v) is 5.22. The van der Waals surface area contributed by atoms with Crippen molar-refractivity contribution in [3.8, 4) is 0 Å². The van der Waals surface area contributed by atoms with Gasteiger partial charge in [0.2, 0.25) is 0 Å². The highest BCUT2D eigenvalue weighted by Gasteiger charge is 2.14. The Morgan fingerprint density at radius 2 is 1.80 bits per heavy atom. The van der Waals surface area contributed by atoms with E-state index in [4.69, 9.17) is 4.74 Å². The van der Waals surface area contributed by atoms with Crippen LogP contribution in [-0.4, -0.2) is 12.5 Å². The lowest BCUT2D eigenvalue weighted by molar-refractivity contribution is -0.138. The Morgan fingerprint density at radius 1 is 1.20 bits per heavy atom. The molecule has 15 heavy (non-hydrogen) atoms. The van der Waals surface area contributed by atoms with Gasteiger partial charge in [0.25, 0.3) is 0 Å². The third-order valence-electron chi connectivity index (χ3n) is 1.56. The summed E-state index contributed by atoms with van der Waals surface area (Å²) >= 11 is 0. The Morgan fingerprint density at radius 3 is 2.33 bits per heavy atom. The predicted molar refractivity (Wildman–Crippen MR) is 62.1 cm³/mol. The summed E-state index contributed by atoms with van der Waals surface area (Å²) in [5, 5.41) is 2.97. The maximum absolute atomic E-state index is 10.9. The molecule has 3 heteroatoms. The van der Waals surface area contributed by atoms with Crippen LogP contribution in [0.25, 0.3) is 0 Å². The minimum atomic E-state index is -0.249. The number of hydrogen-bond donors (Lipinski definition) is 1. The van der Waals surface area contributed by atoms with Crippen molar-refractivity contribution in [3.05, 3.63) is 35.8 Å². The summed E-state index contributed by atoms with van der Waals surface area (Å²) in [6.07, 6.45) is 7.37. The molecule has 0 aromatic heterocycles. The third-order valence-corrected chi connectivity index (χ3v) is 1.56. The molecule has 0 saturated heterocycles. The topological polar surface area (TPSA) is 38.3 Å². The molecule has 3 nitrogen and oxygen atoms in total. The zero-order valence-corrected chi connectivity index (χ0v) is 9.83. The molecule has 0 atom stereocenters. The molecule has 1 aliphatic rings. The molecule has 1 rings (SSSR count). The lowest BCUT2D eigenvalue weighted by atomic mass is 10.2. The predicted octanol–water partition coefficient (Wildman–Crippen LogP) is 2.52. The average Bonchev–Trinajstić information content (AvgIpc) is 2.26. The Balaban J connectivity index is 0.000000921. The molecule has 0 aromatic carbocycles. The summed E-state index contributed by atoms with van der Waals surface area (Å²) < 4.78 is 5.03. The molecule has 0 bridgehead atoms. The first-order chi connectivity index (χ1) is 7.27. The van der Waals surface area contributed by atoms with Gasteiger partial charge in [0, 0.05) is 0 Å². The first kappa shape index (κ1) is 13.5. The van der Waals surface area contributed by atoms with Crippen molar-refractivity contribution in [1.82, 2.24) is 5.32 Å². The van der Waals surface area contributed by atoms with Gasteiger partial charge in [-0.05, 0) is 26.0 Å². The summed E-state index contributed by atoms with van der Waals surface area (Å²) in [5.74, 6) is 0.332. The molecule has 1 N–H and O–H groups in total. The highest BCUT2D eigenvalue weighted by atomic mass is 16.5. The van der Waals surface area contributed by atoms with Crippen molar-refractivity contribution in [2.45, 2.75) is 27.7 Å². The molecule has 0 amide bonds. The van der Waals surface area contributed by atoms with Crippen molar-refractivity contribution >= 4 is 5.97 Å². The number of allylic oxidation sites excluding steroid dienone is 4. The van der Waals surface area contributed by atoms with Gasteiger partial charge < -0.3 is 10.1 Å². The SMILES string of the molecule is C/C=C\C1=C(/C=C\C)OC(=O)CN1.CC. The largest absolute Gasteiger partial charge is 0.423 e. The summed E-state index contributed by atoms with van der Waals surface area (Å²) in [5.41, 5.74) is 0.847. The zero-order valence-electron chi connectivity index (χ0n) is 9.83. The highest BCUT2D eigenvalue weighted by molar-refractivity contribution is 5.75. The Bertz CT molecular complexity index is 288. The van der Waals surface area contributed by atoms with E-state index in [0.717, 1.165) is 5.70 Å². The second-order valence-corrected chi connectivity index (χ2v) is 2.61. The van der Waals surface area contributed by atoms with Crippen LogP contribution in [0.15, 0.2) is 35.8 Å². The molecule has 0 fully saturated rings. The number of carbonyl (C=O) groups is 1. The van der Waals surface area contributed by atoms with Crippen molar-refractivity contribution in [3.63, 3.8) is 0 Å². The monoisotopic (exact) mass is 209 g/mol. The van der Waals surface area contributed by atoms with E-state index in [9.17, 15) is 4.79 Å². The zero-order chi connectivity index (χ0) is 11.7. The van der Waals surface area contributed by atoms with Gasteiger partial charge in [0.15, 0.2) is 5.76 Å². The number of nitrogens with one attached hydrogen (secondary N) is 1. The van der Waals surface area contributed by atoms with Crippen molar-refractivity contribution in [1.29, 1.82) is 0 Å². The molecular formula is C12H19NO2. The van der Waals surface area contributed by atoms with Crippen LogP contribution in [0, 0.1) is 0 Å². The maximum Gasteiger partial charge on any atom is 0.330 e. The standard InChI is InChI=1S/C10H13NO2.C2H6/c1-3-5-8-9(6-4-2)13-10(12)7-11-8;1-2/h3-6,11H,7H2,1-2H3;1-2H3/b5-3-,6-4-;. The van der Waals surface area contributed by atoms with Gasteiger partial charge in [-0.2, -0.15) is 0 Å². The fourth-order valence-electron chi connectivity index (χ4n) is 1.05. The van der Waals surface area contributed by atoms with Crippen LogP contribution < -0.4 is 5.32 Å². The van der Waals surface area contributed by atoms with Crippen LogP contribution in [0.4, 0.5) is 0 Å². The van der Waals surface area contributed by atoms with Crippen LogP contribution in [0.3, 0.4) is 0 Å². The molecule has 0 radical (unpaired) electrons. The van der Waals surface area contributed by atoms with E-state index in [-0.39, 0.29) is 12.5 Å². The fourth-order valence-corrected chi connectivity index (χ4v) is 1.05. The van der Waals surface area contributed by atoms with Gasteiger partial charge in [-0.3, -0.25) is 0 Å².